The molecule has 0 saturated heterocycles. The highest BCUT2D eigenvalue weighted by Gasteiger charge is 2.32. The second-order valence-corrected chi connectivity index (χ2v) is 8.29. The highest BCUT2D eigenvalue weighted by Crippen LogP contribution is 2.38. The van der Waals surface area contributed by atoms with Crippen molar-refractivity contribution in [2.24, 2.45) is 11.1 Å². The van der Waals surface area contributed by atoms with Crippen LogP contribution < -0.4 is 11.1 Å². The lowest BCUT2D eigenvalue weighted by Gasteiger charge is -2.35. The SMILES string of the molecule is CS(=O)(=O)CCOCCNC(=O)CC1(CN)CCCCC1.Cl. The molecule has 0 heterocycles. The molecule has 0 unspecified atom stereocenters. The molecule has 1 saturated carbocycles. The van der Waals surface area contributed by atoms with Crippen molar-refractivity contribution in [3.63, 3.8) is 0 Å². The molecular formula is C14H29ClN2O4S. The maximum atomic E-state index is 11.9. The highest BCUT2D eigenvalue weighted by atomic mass is 35.5. The Bertz CT molecular complexity index is 423. The van der Waals surface area contributed by atoms with Gasteiger partial charge >= 0.3 is 0 Å². The number of amides is 1. The molecule has 0 atom stereocenters. The molecular weight excluding hydrogens is 328 g/mol. The first-order valence-electron chi connectivity index (χ1n) is 7.59. The number of nitrogens with one attached hydrogen (secondary N) is 1. The van der Waals surface area contributed by atoms with Crippen molar-refractivity contribution in [1.29, 1.82) is 0 Å². The number of sulfone groups is 1. The second kappa shape index (κ2) is 10.4. The first-order valence-corrected chi connectivity index (χ1v) is 9.65. The van der Waals surface area contributed by atoms with Crippen molar-refractivity contribution < 1.29 is 17.9 Å². The molecule has 3 N–H and O–H groups in total. The minimum absolute atomic E-state index is 0. The molecule has 1 fully saturated rings. The van der Waals surface area contributed by atoms with Crippen molar-refractivity contribution in [3.8, 4) is 0 Å². The zero-order valence-electron chi connectivity index (χ0n) is 13.3. The summed E-state index contributed by atoms with van der Waals surface area (Å²) >= 11 is 0. The van der Waals surface area contributed by atoms with Gasteiger partial charge in [-0.2, -0.15) is 0 Å². The summed E-state index contributed by atoms with van der Waals surface area (Å²) in [4.78, 5) is 11.9. The number of ether oxygens (including phenoxy) is 1. The fraction of sp³-hybridized carbons (Fsp3) is 0.929. The van der Waals surface area contributed by atoms with E-state index in [0.29, 0.717) is 26.1 Å². The molecule has 1 aliphatic rings. The van der Waals surface area contributed by atoms with Gasteiger partial charge in [0, 0.05) is 19.2 Å². The van der Waals surface area contributed by atoms with Crippen molar-refractivity contribution >= 4 is 28.2 Å². The van der Waals surface area contributed by atoms with E-state index in [1.165, 1.54) is 12.7 Å². The van der Waals surface area contributed by atoms with E-state index < -0.39 is 9.84 Å². The second-order valence-electron chi connectivity index (χ2n) is 6.03. The lowest BCUT2D eigenvalue weighted by atomic mass is 9.72. The molecule has 0 radical (unpaired) electrons. The van der Waals surface area contributed by atoms with Crippen LogP contribution in [0.5, 0.6) is 0 Å². The van der Waals surface area contributed by atoms with E-state index >= 15 is 0 Å². The summed E-state index contributed by atoms with van der Waals surface area (Å²) in [5, 5.41) is 2.82. The molecule has 22 heavy (non-hydrogen) atoms. The largest absolute Gasteiger partial charge is 0.379 e. The summed E-state index contributed by atoms with van der Waals surface area (Å²) in [6.07, 6.45) is 7.25. The molecule has 0 aliphatic heterocycles. The van der Waals surface area contributed by atoms with Crippen LogP contribution in [-0.4, -0.2) is 52.6 Å². The summed E-state index contributed by atoms with van der Waals surface area (Å²) in [5.74, 6) is 0.0195. The maximum Gasteiger partial charge on any atom is 0.220 e. The van der Waals surface area contributed by atoms with Gasteiger partial charge in [0.15, 0.2) is 0 Å². The van der Waals surface area contributed by atoms with Gasteiger partial charge in [-0.05, 0) is 24.8 Å². The molecule has 8 heteroatoms. The third-order valence-corrected chi connectivity index (χ3v) is 4.96. The van der Waals surface area contributed by atoms with Gasteiger partial charge in [-0.1, -0.05) is 19.3 Å². The van der Waals surface area contributed by atoms with Crippen LogP contribution in [0.4, 0.5) is 0 Å². The smallest absolute Gasteiger partial charge is 0.220 e. The van der Waals surface area contributed by atoms with Crippen LogP contribution in [0.1, 0.15) is 38.5 Å². The summed E-state index contributed by atoms with van der Waals surface area (Å²) < 4.78 is 27.0. The van der Waals surface area contributed by atoms with E-state index in [4.69, 9.17) is 10.5 Å². The zero-order valence-corrected chi connectivity index (χ0v) is 14.9. The molecule has 0 aromatic heterocycles. The normalized spacial score (nSPS) is 17.5. The Labute approximate surface area is 139 Å². The monoisotopic (exact) mass is 356 g/mol. The number of rotatable bonds is 9. The van der Waals surface area contributed by atoms with Gasteiger partial charge in [0.2, 0.25) is 5.91 Å². The van der Waals surface area contributed by atoms with Gasteiger partial charge in [0.1, 0.15) is 9.84 Å². The minimum atomic E-state index is -2.98. The van der Waals surface area contributed by atoms with Gasteiger partial charge in [-0.15, -0.1) is 12.4 Å². The number of carbonyl (C=O) groups excluding carboxylic acids is 1. The Morgan fingerprint density at radius 1 is 1.23 bits per heavy atom. The van der Waals surface area contributed by atoms with Crippen LogP contribution in [0.3, 0.4) is 0 Å². The quantitative estimate of drug-likeness (QED) is 0.598. The molecule has 0 aromatic carbocycles. The number of hydrogen-bond acceptors (Lipinski definition) is 5. The Hall–Kier alpha value is -0.370. The molecule has 1 aliphatic carbocycles. The van der Waals surface area contributed by atoms with E-state index in [9.17, 15) is 13.2 Å². The lowest BCUT2D eigenvalue weighted by molar-refractivity contribution is -0.124. The van der Waals surface area contributed by atoms with Gasteiger partial charge in [0.05, 0.1) is 19.0 Å². The lowest BCUT2D eigenvalue weighted by Crippen LogP contribution is -2.39. The van der Waals surface area contributed by atoms with Crippen LogP contribution in [0.2, 0.25) is 0 Å². The summed E-state index contributed by atoms with van der Waals surface area (Å²) in [7, 11) is -2.98. The first-order chi connectivity index (χ1) is 9.87. The number of halogens is 1. The molecule has 0 bridgehead atoms. The number of nitrogens with two attached hydrogens (primary N) is 1. The number of carbonyl (C=O) groups is 1. The topological polar surface area (TPSA) is 98.5 Å². The zero-order chi connectivity index (χ0) is 15.8. The Morgan fingerprint density at radius 2 is 1.86 bits per heavy atom. The van der Waals surface area contributed by atoms with E-state index in [0.717, 1.165) is 25.7 Å². The minimum Gasteiger partial charge on any atom is -0.379 e. The fourth-order valence-electron chi connectivity index (χ4n) is 2.73. The van der Waals surface area contributed by atoms with Gasteiger partial charge < -0.3 is 15.8 Å². The average Bonchev–Trinajstić information content (AvgIpc) is 2.42. The van der Waals surface area contributed by atoms with Crippen molar-refractivity contribution in [1.82, 2.24) is 5.32 Å². The molecule has 6 nitrogen and oxygen atoms in total. The summed E-state index contributed by atoms with van der Waals surface area (Å²) in [6.45, 7) is 1.47. The van der Waals surface area contributed by atoms with E-state index in [1.54, 1.807) is 0 Å². The van der Waals surface area contributed by atoms with Crippen LogP contribution in [0.25, 0.3) is 0 Å². The molecule has 0 aromatic rings. The van der Waals surface area contributed by atoms with E-state index in [1.807, 2.05) is 0 Å². The van der Waals surface area contributed by atoms with Gasteiger partial charge in [0.25, 0.3) is 0 Å². The van der Waals surface area contributed by atoms with Gasteiger partial charge in [-0.25, -0.2) is 8.42 Å². The third-order valence-electron chi connectivity index (χ3n) is 4.05. The van der Waals surface area contributed by atoms with Crippen LogP contribution >= 0.6 is 12.4 Å². The Morgan fingerprint density at radius 3 is 2.41 bits per heavy atom. The maximum absolute atomic E-state index is 11.9. The summed E-state index contributed by atoms with van der Waals surface area (Å²) in [6, 6.07) is 0. The van der Waals surface area contributed by atoms with Crippen LogP contribution in [-0.2, 0) is 19.4 Å². The van der Waals surface area contributed by atoms with Crippen molar-refractivity contribution in [2.75, 3.05) is 38.3 Å². The Kier molecular flexibility index (Phi) is 10.2. The molecule has 1 rings (SSSR count). The fourth-order valence-corrected chi connectivity index (χ4v) is 3.15. The summed E-state index contributed by atoms with van der Waals surface area (Å²) in [5.41, 5.74) is 5.83. The third kappa shape index (κ3) is 8.92. The predicted octanol–water partition coefficient (Wildman–Crippen LogP) is 0.885. The molecule has 0 spiro atoms. The Balaban J connectivity index is 0.00000441. The van der Waals surface area contributed by atoms with Crippen LogP contribution in [0.15, 0.2) is 0 Å². The molecule has 1 amide bonds. The first kappa shape index (κ1) is 21.6. The average molecular weight is 357 g/mol. The van der Waals surface area contributed by atoms with Crippen molar-refractivity contribution in [3.05, 3.63) is 0 Å². The van der Waals surface area contributed by atoms with E-state index in [2.05, 4.69) is 5.32 Å². The van der Waals surface area contributed by atoms with E-state index in [-0.39, 0.29) is 36.1 Å². The van der Waals surface area contributed by atoms with Gasteiger partial charge in [-0.3, -0.25) is 4.79 Å². The molecule has 132 valence electrons. The number of hydrogen-bond donors (Lipinski definition) is 2. The highest BCUT2D eigenvalue weighted by molar-refractivity contribution is 7.90. The standard InChI is InChI=1S/C14H28N2O4S.ClH/c1-21(18,19)10-9-20-8-7-16-13(17)11-14(12-15)5-3-2-4-6-14;/h2-12,15H2,1H3,(H,16,17);1H. The van der Waals surface area contributed by atoms with Crippen molar-refractivity contribution in [2.45, 2.75) is 38.5 Å². The van der Waals surface area contributed by atoms with Crippen LogP contribution in [0, 0.1) is 5.41 Å². The predicted molar refractivity (Wildman–Crippen MR) is 90.0 cm³/mol.